The van der Waals surface area contributed by atoms with Gasteiger partial charge in [-0.05, 0) is 38.1 Å². The topological polar surface area (TPSA) is 99.9 Å². The molecule has 2 aromatic rings. The summed E-state index contributed by atoms with van der Waals surface area (Å²) in [5, 5.41) is 8.81. The molecule has 106 valence electrons. The van der Waals surface area contributed by atoms with Gasteiger partial charge >= 0.3 is 0 Å². The zero-order valence-electron chi connectivity index (χ0n) is 11.6. The number of benzene rings is 1. The first-order valence-corrected chi connectivity index (χ1v) is 6.48. The molecule has 0 saturated heterocycles. The number of nitrogens with zero attached hydrogens (tertiary/aromatic N) is 3. The van der Waals surface area contributed by atoms with E-state index in [1.54, 1.807) is 0 Å². The maximum atomic E-state index is 11.8. The minimum absolute atomic E-state index is 0.0482. The van der Waals surface area contributed by atoms with Gasteiger partial charge in [-0.1, -0.05) is 0 Å². The number of aromatic nitrogens is 3. The van der Waals surface area contributed by atoms with Crippen LogP contribution in [0.25, 0.3) is 0 Å². The van der Waals surface area contributed by atoms with Crippen molar-refractivity contribution in [1.82, 2.24) is 15.2 Å². The van der Waals surface area contributed by atoms with Crippen LogP contribution in [0.5, 0.6) is 0 Å². The Morgan fingerprint density at radius 2 is 1.95 bits per heavy atom. The monoisotopic (exact) mass is 274 g/mol. The SMILES string of the molecule is CCN(CC)c1ccc(NC(=O)c2nc(N)n[nH]2)cc1. The molecule has 1 amide bonds. The van der Waals surface area contributed by atoms with Crippen LogP contribution in [0.1, 0.15) is 24.5 Å². The first-order chi connectivity index (χ1) is 9.63. The van der Waals surface area contributed by atoms with Crippen LogP contribution in [0.15, 0.2) is 24.3 Å². The Hall–Kier alpha value is -2.57. The smallest absolute Gasteiger partial charge is 0.293 e. The third-order valence-electron chi connectivity index (χ3n) is 2.97. The van der Waals surface area contributed by atoms with E-state index in [2.05, 4.69) is 39.2 Å². The fourth-order valence-corrected chi connectivity index (χ4v) is 1.91. The van der Waals surface area contributed by atoms with Crippen LogP contribution in [0, 0.1) is 0 Å². The van der Waals surface area contributed by atoms with Gasteiger partial charge in [0.2, 0.25) is 11.8 Å². The van der Waals surface area contributed by atoms with E-state index in [-0.39, 0.29) is 17.7 Å². The predicted octanol–water partition coefficient (Wildman–Crippen LogP) is 1.49. The molecule has 0 spiro atoms. The second kappa shape index (κ2) is 6.05. The molecular formula is C13H18N6O. The lowest BCUT2D eigenvalue weighted by Gasteiger charge is -2.21. The molecular weight excluding hydrogens is 256 g/mol. The average molecular weight is 274 g/mol. The molecule has 0 saturated carbocycles. The normalized spacial score (nSPS) is 10.3. The lowest BCUT2D eigenvalue weighted by atomic mass is 10.2. The van der Waals surface area contributed by atoms with Crippen LogP contribution >= 0.6 is 0 Å². The molecule has 7 nitrogen and oxygen atoms in total. The zero-order chi connectivity index (χ0) is 14.5. The van der Waals surface area contributed by atoms with Crippen molar-refractivity contribution in [1.29, 1.82) is 0 Å². The van der Waals surface area contributed by atoms with E-state index < -0.39 is 0 Å². The highest BCUT2D eigenvalue weighted by Gasteiger charge is 2.11. The first kappa shape index (κ1) is 13.9. The molecule has 0 aliphatic carbocycles. The lowest BCUT2D eigenvalue weighted by Crippen LogP contribution is -2.21. The van der Waals surface area contributed by atoms with Crippen LogP contribution in [0.2, 0.25) is 0 Å². The molecule has 0 bridgehead atoms. The quantitative estimate of drug-likeness (QED) is 0.767. The number of aromatic amines is 1. The van der Waals surface area contributed by atoms with E-state index in [1.165, 1.54) is 0 Å². The van der Waals surface area contributed by atoms with Gasteiger partial charge in [-0.25, -0.2) is 0 Å². The summed E-state index contributed by atoms with van der Waals surface area (Å²) in [6.07, 6.45) is 0. The van der Waals surface area contributed by atoms with Gasteiger partial charge < -0.3 is 16.0 Å². The summed E-state index contributed by atoms with van der Waals surface area (Å²) in [5.41, 5.74) is 7.17. The summed E-state index contributed by atoms with van der Waals surface area (Å²) in [6, 6.07) is 7.64. The van der Waals surface area contributed by atoms with Gasteiger partial charge in [-0.3, -0.25) is 9.89 Å². The van der Waals surface area contributed by atoms with Crippen molar-refractivity contribution in [3.05, 3.63) is 30.1 Å². The van der Waals surface area contributed by atoms with Crippen LogP contribution < -0.4 is 16.0 Å². The highest BCUT2D eigenvalue weighted by molar-refractivity contribution is 6.01. The van der Waals surface area contributed by atoms with Gasteiger partial charge in [0, 0.05) is 24.5 Å². The van der Waals surface area contributed by atoms with Crippen molar-refractivity contribution in [2.45, 2.75) is 13.8 Å². The Balaban J connectivity index is 2.05. The maximum absolute atomic E-state index is 11.8. The second-order valence-electron chi connectivity index (χ2n) is 4.22. The van der Waals surface area contributed by atoms with Gasteiger partial charge in [0.15, 0.2) is 0 Å². The van der Waals surface area contributed by atoms with Gasteiger partial charge in [-0.15, -0.1) is 5.10 Å². The third-order valence-corrected chi connectivity index (χ3v) is 2.97. The summed E-state index contributed by atoms with van der Waals surface area (Å²) in [5.74, 6) is -0.230. The summed E-state index contributed by atoms with van der Waals surface area (Å²) in [6.45, 7) is 6.10. The highest BCUT2D eigenvalue weighted by Crippen LogP contribution is 2.18. The van der Waals surface area contributed by atoms with Crippen molar-refractivity contribution >= 4 is 23.2 Å². The molecule has 1 heterocycles. The van der Waals surface area contributed by atoms with Gasteiger partial charge in [0.1, 0.15) is 0 Å². The summed E-state index contributed by atoms with van der Waals surface area (Å²) >= 11 is 0. The van der Waals surface area contributed by atoms with Crippen LogP contribution in [0.4, 0.5) is 17.3 Å². The van der Waals surface area contributed by atoms with Crippen molar-refractivity contribution in [3.8, 4) is 0 Å². The molecule has 2 rings (SSSR count). The fraction of sp³-hybridized carbons (Fsp3) is 0.308. The van der Waals surface area contributed by atoms with Crippen molar-refractivity contribution < 1.29 is 4.79 Å². The highest BCUT2D eigenvalue weighted by atomic mass is 16.2. The number of nitrogens with one attached hydrogen (secondary N) is 2. The summed E-state index contributed by atoms with van der Waals surface area (Å²) < 4.78 is 0. The number of H-pyrrole nitrogens is 1. The largest absolute Gasteiger partial charge is 0.372 e. The predicted molar refractivity (Wildman–Crippen MR) is 78.8 cm³/mol. The molecule has 0 fully saturated rings. The Morgan fingerprint density at radius 1 is 1.30 bits per heavy atom. The molecule has 4 N–H and O–H groups in total. The Bertz CT molecular complexity index is 573. The number of carbonyl (C=O) groups is 1. The molecule has 1 aromatic carbocycles. The van der Waals surface area contributed by atoms with Crippen molar-refractivity contribution in [2.24, 2.45) is 0 Å². The van der Waals surface area contributed by atoms with E-state index in [0.717, 1.165) is 18.8 Å². The Labute approximate surface area is 117 Å². The molecule has 0 unspecified atom stereocenters. The molecule has 20 heavy (non-hydrogen) atoms. The van der Waals surface area contributed by atoms with Crippen LogP contribution in [0.3, 0.4) is 0 Å². The lowest BCUT2D eigenvalue weighted by molar-refractivity contribution is 0.101. The zero-order valence-corrected chi connectivity index (χ0v) is 11.6. The van der Waals surface area contributed by atoms with E-state index in [0.29, 0.717) is 5.69 Å². The minimum atomic E-state index is -0.371. The van der Waals surface area contributed by atoms with Gasteiger partial charge in [0.05, 0.1) is 0 Å². The second-order valence-corrected chi connectivity index (χ2v) is 4.22. The third kappa shape index (κ3) is 3.05. The number of hydrogen-bond acceptors (Lipinski definition) is 5. The number of carbonyl (C=O) groups excluding carboxylic acids is 1. The number of hydrogen-bond donors (Lipinski definition) is 3. The molecule has 0 aliphatic rings. The molecule has 0 atom stereocenters. The number of rotatable bonds is 5. The fourth-order valence-electron chi connectivity index (χ4n) is 1.91. The minimum Gasteiger partial charge on any atom is -0.372 e. The van der Waals surface area contributed by atoms with Crippen molar-refractivity contribution in [3.63, 3.8) is 0 Å². The number of nitrogen functional groups attached to an aromatic ring is 1. The van der Waals surface area contributed by atoms with Crippen LogP contribution in [-0.4, -0.2) is 34.2 Å². The Kier molecular flexibility index (Phi) is 4.19. The van der Waals surface area contributed by atoms with Crippen molar-refractivity contribution in [2.75, 3.05) is 29.0 Å². The van der Waals surface area contributed by atoms with E-state index in [4.69, 9.17) is 5.73 Å². The summed E-state index contributed by atoms with van der Waals surface area (Å²) in [7, 11) is 0. The van der Waals surface area contributed by atoms with Crippen LogP contribution in [-0.2, 0) is 0 Å². The average Bonchev–Trinajstić information content (AvgIpc) is 2.89. The Morgan fingerprint density at radius 3 is 2.45 bits per heavy atom. The standard InChI is InChI=1S/C13H18N6O/c1-3-19(4-2)10-7-5-9(6-8-10)15-12(20)11-16-13(14)18-17-11/h5-8H,3-4H2,1-2H3,(H,15,20)(H3,14,16,17,18). The van der Waals surface area contributed by atoms with E-state index in [1.807, 2.05) is 24.3 Å². The summed E-state index contributed by atoms with van der Waals surface area (Å²) in [4.78, 5) is 17.8. The first-order valence-electron chi connectivity index (χ1n) is 6.48. The maximum Gasteiger partial charge on any atom is 0.293 e. The molecule has 1 aromatic heterocycles. The molecule has 7 heteroatoms. The molecule has 0 aliphatic heterocycles. The van der Waals surface area contributed by atoms with E-state index in [9.17, 15) is 4.79 Å². The number of nitrogens with two attached hydrogens (primary N) is 1. The van der Waals surface area contributed by atoms with Gasteiger partial charge in [0.25, 0.3) is 5.91 Å². The van der Waals surface area contributed by atoms with Gasteiger partial charge in [-0.2, -0.15) is 4.98 Å². The molecule has 0 radical (unpaired) electrons. The number of anilines is 3. The van der Waals surface area contributed by atoms with E-state index >= 15 is 0 Å². The number of amides is 1.